The molecule has 2 amide bonds. The first-order valence-electron chi connectivity index (χ1n) is 6.94. The van der Waals surface area contributed by atoms with Crippen molar-refractivity contribution >= 4 is 11.8 Å². The van der Waals surface area contributed by atoms with E-state index in [-0.39, 0.29) is 29.9 Å². The van der Waals surface area contributed by atoms with Gasteiger partial charge in [0, 0.05) is 19.5 Å². The Bertz CT molecular complexity index is 348. The van der Waals surface area contributed by atoms with Crippen LogP contribution < -0.4 is 5.32 Å². The minimum absolute atomic E-state index is 0.0259. The highest BCUT2D eigenvalue weighted by Gasteiger charge is 2.40. The van der Waals surface area contributed by atoms with Crippen molar-refractivity contribution in [3.8, 4) is 0 Å². The van der Waals surface area contributed by atoms with E-state index >= 15 is 0 Å². The maximum atomic E-state index is 12.5. The molecule has 2 aliphatic heterocycles. The third-order valence-electron chi connectivity index (χ3n) is 4.38. The predicted octanol–water partition coefficient (Wildman–Crippen LogP) is 0.293. The molecule has 5 heteroatoms. The Kier molecular flexibility index (Phi) is 3.24. The highest BCUT2D eigenvalue weighted by molar-refractivity contribution is 5.84. The van der Waals surface area contributed by atoms with Gasteiger partial charge in [-0.1, -0.05) is 0 Å². The van der Waals surface area contributed by atoms with Crippen molar-refractivity contribution in [2.75, 3.05) is 19.7 Å². The van der Waals surface area contributed by atoms with Gasteiger partial charge in [-0.05, 0) is 25.7 Å². The molecule has 3 aliphatic rings. The van der Waals surface area contributed by atoms with Crippen LogP contribution in [0.3, 0.4) is 0 Å². The predicted molar refractivity (Wildman–Crippen MR) is 64.8 cm³/mol. The molecule has 3 unspecified atom stereocenters. The van der Waals surface area contributed by atoms with Crippen LogP contribution in [0.4, 0.5) is 0 Å². The Morgan fingerprint density at radius 1 is 1.33 bits per heavy atom. The molecule has 3 atom stereocenters. The summed E-state index contributed by atoms with van der Waals surface area (Å²) in [5.74, 6) is 0.261. The summed E-state index contributed by atoms with van der Waals surface area (Å²) in [5, 5.41) is 2.79. The van der Waals surface area contributed by atoms with Crippen LogP contribution in [0, 0.1) is 5.92 Å². The van der Waals surface area contributed by atoms with E-state index in [1.165, 1.54) is 0 Å². The Hall–Kier alpha value is -1.10. The van der Waals surface area contributed by atoms with Crippen LogP contribution in [0.15, 0.2) is 0 Å². The number of amides is 2. The average Bonchev–Trinajstić information content (AvgIpc) is 2.87. The minimum Gasteiger partial charge on any atom is -0.374 e. The van der Waals surface area contributed by atoms with Crippen molar-refractivity contribution < 1.29 is 14.3 Å². The van der Waals surface area contributed by atoms with Gasteiger partial charge in [0.25, 0.3) is 0 Å². The molecule has 1 N–H and O–H groups in total. The molecule has 2 heterocycles. The van der Waals surface area contributed by atoms with Crippen molar-refractivity contribution in [2.24, 2.45) is 5.92 Å². The van der Waals surface area contributed by atoms with Crippen LogP contribution in [0.25, 0.3) is 0 Å². The summed E-state index contributed by atoms with van der Waals surface area (Å²) in [5.41, 5.74) is 0. The zero-order chi connectivity index (χ0) is 12.5. The van der Waals surface area contributed by atoms with E-state index in [9.17, 15) is 9.59 Å². The first kappa shape index (κ1) is 12.0. The summed E-state index contributed by atoms with van der Waals surface area (Å²) < 4.78 is 5.72. The van der Waals surface area contributed by atoms with Crippen LogP contribution in [0.2, 0.25) is 0 Å². The molecular weight excluding hydrogens is 232 g/mol. The molecule has 2 saturated heterocycles. The topological polar surface area (TPSA) is 58.6 Å². The lowest BCUT2D eigenvalue weighted by atomic mass is 9.96. The van der Waals surface area contributed by atoms with Gasteiger partial charge in [-0.15, -0.1) is 0 Å². The molecule has 3 fully saturated rings. The molecule has 1 aliphatic carbocycles. The fourth-order valence-corrected chi connectivity index (χ4v) is 3.38. The van der Waals surface area contributed by atoms with E-state index in [4.69, 9.17) is 4.74 Å². The molecule has 0 bridgehead atoms. The fourth-order valence-electron chi connectivity index (χ4n) is 3.38. The smallest absolute Gasteiger partial charge is 0.227 e. The number of piperidine rings is 1. The van der Waals surface area contributed by atoms with E-state index in [1.807, 2.05) is 4.90 Å². The van der Waals surface area contributed by atoms with E-state index in [0.717, 1.165) is 19.3 Å². The second kappa shape index (κ2) is 4.88. The normalized spacial score (nSPS) is 36.1. The molecule has 0 aromatic carbocycles. The van der Waals surface area contributed by atoms with Gasteiger partial charge in [0.05, 0.1) is 24.7 Å². The van der Waals surface area contributed by atoms with Gasteiger partial charge in [-0.25, -0.2) is 0 Å². The van der Waals surface area contributed by atoms with Gasteiger partial charge in [-0.2, -0.15) is 0 Å². The van der Waals surface area contributed by atoms with Crippen molar-refractivity contribution in [1.29, 1.82) is 0 Å². The summed E-state index contributed by atoms with van der Waals surface area (Å²) in [4.78, 5) is 25.7. The van der Waals surface area contributed by atoms with E-state index in [0.29, 0.717) is 32.5 Å². The van der Waals surface area contributed by atoms with Gasteiger partial charge in [-0.3, -0.25) is 9.59 Å². The summed E-state index contributed by atoms with van der Waals surface area (Å²) in [6.07, 6.45) is 4.72. The van der Waals surface area contributed by atoms with Gasteiger partial charge in [0.1, 0.15) is 0 Å². The zero-order valence-electron chi connectivity index (χ0n) is 10.6. The molecular formula is C13H20N2O3. The van der Waals surface area contributed by atoms with Crippen molar-refractivity contribution in [2.45, 2.75) is 44.2 Å². The Balaban J connectivity index is 1.66. The van der Waals surface area contributed by atoms with Gasteiger partial charge < -0.3 is 15.0 Å². The molecule has 3 rings (SSSR count). The Morgan fingerprint density at radius 3 is 3.00 bits per heavy atom. The SMILES string of the molecule is O=C1CCC(C(=O)N2CCOC3CCCC32)CN1. The summed E-state index contributed by atoms with van der Waals surface area (Å²) in [6.45, 7) is 1.88. The summed E-state index contributed by atoms with van der Waals surface area (Å²) >= 11 is 0. The summed E-state index contributed by atoms with van der Waals surface area (Å²) in [6, 6.07) is 0.281. The third kappa shape index (κ3) is 2.11. The highest BCUT2D eigenvalue weighted by Crippen LogP contribution is 2.31. The lowest BCUT2D eigenvalue weighted by Crippen LogP contribution is -2.55. The van der Waals surface area contributed by atoms with Crippen LogP contribution in [-0.4, -0.2) is 48.6 Å². The summed E-state index contributed by atoms with van der Waals surface area (Å²) in [7, 11) is 0. The second-order valence-corrected chi connectivity index (χ2v) is 5.48. The largest absolute Gasteiger partial charge is 0.374 e. The molecule has 18 heavy (non-hydrogen) atoms. The third-order valence-corrected chi connectivity index (χ3v) is 4.38. The highest BCUT2D eigenvalue weighted by atomic mass is 16.5. The molecule has 1 saturated carbocycles. The van der Waals surface area contributed by atoms with Gasteiger partial charge in [0.2, 0.25) is 11.8 Å². The Morgan fingerprint density at radius 2 is 2.22 bits per heavy atom. The zero-order valence-corrected chi connectivity index (χ0v) is 10.6. The van der Waals surface area contributed by atoms with E-state index < -0.39 is 0 Å². The van der Waals surface area contributed by atoms with Gasteiger partial charge in [0.15, 0.2) is 0 Å². The number of fused-ring (bicyclic) bond motifs is 1. The number of ether oxygens (including phenoxy) is 1. The molecule has 0 spiro atoms. The molecule has 100 valence electrons. The number of rotatable bonds is 1. The fraction of sp³-hybridized carbons (Fsp3) is 0.846. The van der Waals surface area contributed by atoms with Crippen LogP contribution >= 0.6 is 0 Å². The van der Waals surface area contributed by atoms with Crippen molar-refractivity contribution in [3.05, 3.63) is 0 Å². The number of hydrogen-bond acceptors (Lipinski definition) is 3. The minimum atomic E-state index is -0.0259. The number of nitrogens with one attached hydrogen (secondary N) is 1. The number of carbonyl (C=O) groups is 2. The second-order valence-electron chi connectivity index (χ2n) is 5.48. The first-order chi connectivity index (χ1) is 8.75. The van der Waals surface area contributed by atoms with E-state index in [2.05, 4.69) is 5.32 Å². The molecule has 0 aromatic heterocycles. The van der Waals surface area contributed by atoms with Crippen LogP contribution in [-0.2, 0) is 14.3 Å². The maximum Gasteiger partial charge on any atom is 0.227 e. The number of hydrogen-bond donors (Lipinski definition) is 1. The number of nitrogens with zero attached hydrogens (tertiary/aromatic N) is 1. The van der Waals surface area contributed by atoms with E-state index in [1.54, 1.807) is 0 Å². The maximum absolute atomic E-state index is 12.5. The Labute approximate surface area is 107 Å². The van der Waals surface area contributed by atoms with Gasteiger partial charge >= 0.3 is 0 Å². The van der Waals surface area contributed by atoms with Crippen molar-refractivity contribution in [3.63, 3.8) is 0 Å². The number of morpholine rings is 1. The molecule has 0 aromatic rings. The quantitative estimate of drug-likeness (QED) is 0.730. The first-order valence-corrected chi connectivity index (χ1v) is 6.94. The number of carbonyl (C=O) groups excluding carboxylic acids is 2. The lowest BCUT2D eigenvalue weighted by molar-refractivity contribution is -0.149. The lowest BCUT2D eigenvalue weighted by Gasteiger charge is -2.40. The van der Waals surface area contributed by atoms with Crippen LogP contribution in [0.1, 0.15) is 32.1 Å². The standard InChI is InChI=1S/C13H20N2O3/c16-12-5-4-9(8-14-12)13(17)15-6-7-18-11-3-1-2-10(11)15/h9-11H,1-8H2,(H,14,16). The van der Waals surface area contributed by atoms with Crippen molar-refractivity contribution in [1.82, 2.24) is 10.2 Å². The van der Waals surface area contributed by atoms with Crippen LogP contribution in [0.5, 0.6) is 0 Å². The molecule has 5 nitrogen and oxygen atoms in total. The average molecular weight is 252 g/mol. The molecule has 0 radical (unpaired) electrons. The monoisotopic (exact) mass is 252 g/mol.